The van der Waals surface area contributed by atoms with Crippen LogP contribution >= 0.6 is 15.9 Å². The molecule has 4 heteroatoms. The number of benzene rings is 1. The van der Waals surface area contributed by atoms with Crippen molar-refractivity contribution in [3.8, 4) is 0 Å². The zero-order valence-electron chi connectivity index (χ0n) is 10.7. The number of carbonyl (C=O) groups is 1. The fourth-order valence-electron chi connectivity index (χ4n) is 2.26. The molecule has 98 valence electrons. The number of aryl methyl sites for hydroxylation is 1. The van der Waals surface area contributed by atoms with E-state index in [4.69, 9.17) is 0 Å². The summed E-state index contributed by atoms with van der Waals surface area (Å²) in [7, 11) is 1.99. The Labute approximate surface area is 116 Å². The molecule has 2 rings (SSSR count). The van der Waals surface area contributed by atoms with Crippen molar-refractivity contribution < 1.29 is 9.90 Å². The highest BCUT2D eigenvalue weighted by Gasteiger charge is 2.50. The van der Waals surface area contributed by atoms with Gasteiger partial charge in [-0.05, 0) is 50.1 Å². The van der Waals surface area contributed by atoms with Crippen LogP contribution < -0.4 is 0 Å². The molecule has 0 aromatic heterocycles. The van der Waals surface area contributed by atoms with Crippen molar-refractivity contribution in [1.29, 1.82) is 0 Å². The van der Waals surface area contributed by atoms with E-state index in [0.717, 1.165) is 23.9 Å². The average molecular weight is 312 g/mol. The van der Waals surface area contributed by atoms with Gasteiger partial charge in [-0.1, -0.05) is 22.0 Å². The summed E-state index contributed by atoms with van der Waals surface area (Å²) >= 11 is 3.47. The first-order valence-corrected chi connectivity index (χ1v) is 6.89. The van der Waals surface area contributed by atoms with E-state index in [1.54, 1.807) is 0 Å². The van der Waals surface area contributed by atoms with Gasteiger partial charge in [0, 0.05) is 17.6 Å². The minimum absolute atomic E-state index is 0.478. The Morgan fingerprint density at radius 3 is 2.72 bits per heavy atom. The monoisotopic (exact) mass is 311 g/mol. The van der Waals surface area contributed by atoms with E-state index in [0.29, 0.717) is 6.54 Å². The molecule has 0 amide bonds. The fourth-order valence-corrected chi connectivity index (χ4v) is 2.67. The SMILES string of the molecule is Cc1ccc(Br)cc1CN(C)CC1(C(=O)O)CC1. The maximum atomic E-state index is 11.2. The molecule has 0 aliphatic heterocycles. The van der Waals surface area contributed by atoms with Crippen LogP contribution in [0, 0.1) is 12.3 Å². The molecule has 1 N–H and O–H groups in total. The van der Waals surface area contributed by atoms with Gasteiger partial charge in [0.1, 0.15) is 0 Å². The first-order valence-electron chi connectivity index (χ1n) is 6.10. The third-order valence-electron chi connectivity index (χ3n) is 3.63. The van der Waals surface area contributed by atoms with E-state index < -0.39 is 11.4 Å². The summed E-state index contributed by atoms with van der Waals surface area (Å²) in [6.45, 7) is 3.51. The third-order valence-corrected chi connectivity index (χ3v) is 4.12. The largest absolute Gasteiger partial charge is 0.481 e. The van der Waals surface area contributed by atoms with Gasteiger partial charge in [-0.25, -0.2) is 0 Å². The number of rotatable bonds is 5. The number of nitrogens with zero attached hydrogens (tertiary/aromatic N) is 1. The summed E-state index contributed by atoms with van der Waals surface area (Å²) < 4.78 is 1.07. The summed E-state index contributed by atoms with van der Waals surface area (Å²) in [4.78, 5) is 13.3. The maximum absolute atomic E-state index is 11.2. The Morgan fingerprint density at radius 2 is 2.17 bits per heavy atom. The molecule has 0 spiro atoms. The highest BCUT2D eigenvalue weighted by molar-refractivity contribution is 9.10. The van der Waals surface area contributed by atoms with E-state index in [1.807, 2.05) is 13.1 Å². The van der Waals surface area contributed by atoms with Gasteiger partial charge >= 0.3 is 5.97 Å². The Balaban J connectivity index is 2.01. The lowest BCUT2D eigenvalue weighted by Gasteiger charge is -2.22. The molecule has 0 saturated heterocycles. The van der Waals surface area contributed by atoms with E-state index in [9.17, 15) is 9.90 Å². The van der Waals surface area contributed by atoms with E-state index in [1.165, 1.54) is 11.1 Å². The van der Waals surface area contributed by atoms with Crippen molar-refractivity contribution in [1.82, 2.24) is 4.90 Å². The third kappa shape index (κ3) is 2.93. The second-order valence-electron chi connectivity index (χ2n) is 5.33. The first-order chi connectivity index (χ1) is 8.43. The van der Waals surface area contributed by atoms with Crippen LogP contribution in [-0.4, -0.2) is 29.6 Å². The van der Waals surface area contributed by atoms with Gasteiger partial charge in [-0.15, -0.1) is 0 Å². The van der Waals surface area contributed by atoms with Gasteiger partial charge in [0.05, 0.1) is 5.41 Å². The van der Waals surface area contributed by atoms with Crippen LogP contribution in [-0.2, 0) is 11.3 Å². The highest BCUT2D eigenvalue weighted by atomic mass is 79.9. The lowest BCUT2D eigenvalue weighted by molar-refractivity contribution is -0.144. The predicted molar refractivity (Wildman–Crippen MR) is 74.5 cm³/mol. The van der Waals surface area contributed by atoms with Gasteiger partial charge in [0.2, 0.25) is 0 Å². The Bertz CT molecular complexity index is 469. The number of aliphatic carboxylic acids is 1. The van der Waals surface area contributed by atoms with Gasteiger partial charge < -0.3 is 10.0 Å². The number of halogens is 1. The first kappa shape index (κ1) is 13.6. The molecule has 1 aliphatic rings. The summed E-state index contributed by atoms with van der Waals surface area (Å²) in [6.07, 6.45) is 1.62. The quantitative estimate of drug-likeness (QED) is 0.908. The normalized spacial score (nSPS) is 16.9. The predicted octanol–water partition coefficient (Wildman–Crippen LogP) is 3.05. The number of carboxylic acid groups (broad SMARTS) is 1. The van der Waals surface area contributed by atoms with Crippen LogP contribution in [0.3, 0.4) is 0 Å². The maximum Gasteiger partial charge on any atom is 0.310 e. The van der Waals surface area contributed by atoms with E-state index in [2.05, 4.69) is 39.9 Å². The molecule has 1 aliphatic carbocycles. The van der Waals surface area contributed by atoms with Crippen molar-refractivity contribution in [2.45, 2.75) is 26.3 Å². The van der Waals surface area contributed by atoms with Crippen LogP contribution in [0.2, 0.25) is 0 Å². The van der Waals surface area contributed by atoms with Crippen LogP contribution in [0.15, 0.2) is 22.7 Å². The Kier molecular flexibility index (Phi) is 3.78. The molecule has 0 unspecified atom stereocenters. The summed E-state index contributed by atoms with van der Waals surface area (Å²) in [5.74, 6) is -0.652. The molecule has 1 aromatic rings. The highest BCUT2D eigenvalue weighted by Crippen LogP contribution is 2.46. The number of hydrogen-bond donors (Lipinski definition) is 1. The molecule has 0 atom stereocenters. The lowest BCUT2D eigenvalue weighted by atomic mass is 10.1. The van der Waals surface area contributed by atoms with Crippen LogP contribution in [0.25, 0.3) is 0 Å². The number of hydrogen-bond acceptors (Lipinski definition) is 2. The van der Waals surface area contributed by atoms with Crippen molar-refractivity contribution >= 4 is 21.9 Å². The zero-order chi connectivity index (χ0) is 13.3. The van der Waals surface area contributed by atoms with Crippen molar-refractivity contribution in [2.75, 3.05) is 13.6 Å². The molecule has 0 heterocycles. The molecular formula is C14H18BrNO2. The van der Waals surface area contributed by atoms with Gasteiger partial charge in [-0.2, -0.15) is 0 Å². The topological polar surface area (TPSA) is 40.5 Å². The second-order valence-corrected chi connectivity index (χ2v) is 6.24. The summed E-state index contributed by atoms with van der Waals surface area (Å²) in [5.41, 5.74) is 2.01. The summed E-state index contributed by atoms with van der Waals surface area (Å²) in [6, 6.07) is 6.21. The van der Waals surface area contributed by atoms with Crippen molar-refractivity contribution in [3.05, 3.63) is 33.8 Å². The average Bonchev–Trinajstić information content (AvgIpc) is 3.04. The molecule has 1 fully saturated rings. The molecular weight excluding hydrogens is 294 g/mol. The molecule has 3 nitrogen and oxygen atoms in total. The van der Waals surface area contributed by atoms with Crippen molar-refractivity contribution in [3.63, 3.8) is 0 Å². The second kappa shape index (κ2) is 5.02. The minimum Gasteiger partial charge on any atom is -0.481 e. The fraction of sp³-hybridized carbons (Fsp3) is 0.500. The van der Waals surface area contributed by atoms with Crippen LogP contribution in [0.4, 0.5) is 0 Å². The Morgan fingerprint density at radius 1 is 1.50 bits per heavy atom. The molecule has 1 aromatic carbocycles. The van der Waals surface area contributed by atoms with Gasteiger partial charge in [0.25, 0.3) is 0 Å². The van der Waals surface area contributed by atoms with Crippen LogP contribution in [0.1, 0.15) is 24.0 Å². The summed E-state index contributed by atoms with van der Waals surface area (Å²) in [5, 5.41) is 9.18. The molecule has 0 radical (unpaired) electrons. The van der Waals surface area contributed by atoms with Gasteiger partial charge in [0.15, 0.2) is 0 Å². The van der Waals surface area contributed by atoms with E-state index in [-0.39, 0.29) is 0 Å². The van der Waals surface area contributed by atoms with Crippen molar-refractivity contribution in [2.24, 2.45) is 5.41 Å². The number of carboxylic acids is 1. The molecule has 18 heavy (non-hydrogen) atoms. The Hall–Kier alpha value is -0.870. The van der Waals surface area contributed by atoms with Gasteiger partial charge in [-0.3, -0.25) is 4.79 Å². The molecule has 1 saturated carbocycles. The smallest absolute Gasteiger partial charge is 0.310 e. The lowest BCUT2D eigenvalue weighted by Crippen LogP contribution is -2.31. The minimum atomic E-state index is -0.652. The molecule has 0 bridgehead atoms. The van der Waals surface area contributed by atoms with Crippen LogP contribution in [0.5, 0.6) is 0 Å². The standard InChI is InChI=1S/C14H18BrNO2/c1-10-3-4-12(15)7-11(10)8-16(2)9-14(5-6-14)13(17)18/h3-4,7H,5-6,8-9H2,1-2H3,(H,17,18). The van der Waals surface area contributed by atoms with E-state index >= 15 is 0 Å². The zero-order valence-corrected chi connectivity index (χ0v) is 12.3.